The molecule has 0 aliphatic carbocycles. The van der Waals surface area contributed by atoms with E-state index in [-0.39, 0.29) is 11.9 Å². The van der Waals surface area contributed by atoms with E-state index in [1.807, 2.05) is 36.4 Å². The van der Waals surface area contributed by atoms with Gasteiger partial charge in [-0.3, -0.25) is 4.79 Å². The van der Waals surface area contributed by atoms with Crippen molar-refractivity contribution in [2.75, 3.05) is 7.11 Å². The van der Waals surface area contributed by atoms with Gasteiger partial charge in [-0.1, -0.05) is 44.2 Å². The van der Waals surface area contributed by atoms with Crippen molar-refractivity contribution in [1.82, 2.24) is 4.90 Å². The molecule has 5 nitrogen and oxygen atoms in total. The Bertz CT molecular complexity index is 844. The van der Waals surface area contributed by atoms with Crippen LogP contribution in [0.1, 0.15) is 43.5 Å². The Morgan fingerprint density at radius 3 is 2.39 bits per heavy atom. The molecule has 0 spiro atoms. The molecule has 1 heterocycles. The molecule has 2 atom stereocenters. The Kier molecular flexibility index (Phi) is 6.02. The van der Waals surface area contributed by atoms with Crippen molar-refractivity contribution in [3.8, 4) is 16.9 Å². The van der Waals surface area contributed by atoms with Gasteiger partial charge in [-0.05, 0) is 48.9 Å². The number of benzene rings is 2. The zero-order chi connectivity index (χ0) is 20.3. The average molecular weight is 381 g/mol. The number of carbonyl (C=O) groups is 2. The van der Waals surface area contributed by atoms with Gasteiger partial charge < -0.3 is 14.7 Å². The second-order valence-electron chi connectivity index (χ2n) is 7.70. The largest absolute Gasteiger partial charge is 0.496 e. The Balaban J connectivity index is 1.87. The van der Waals surface area contributed by atoms with E-state index < -0.39 is 12.0 Å². The predicted octanol–water partition coefficient (Wildman–Crippen LogP) is 4.47. The molecule has 0 unspecified atom stereocenters. The van der Waals surface area contributed by atoms with Crippen LogP contribution in [0.2, 0.25) is 0 Å². The van der Waals surface area contributed by atoms with Gasteiger partial charge in [-0.2, -0.15) is 0 Å². The Morgan fingerprint density at radius 2 is 1.79 bits per heavy atom. The lowest BCUT2D eigenvalue weighted by atomic mass is 10.0. The van der Waals surface area contributed by atoms with Crippen LogP contribution in [0.5, 0.6) is 5.75 Å². The summed E-state index contributed by atoms with van der Waals surface area (Å²) in [4.78, 5) is 26.4. The highest BCUT2D eigenvalue weighted by Gasteiger charge is 2.41. The van der Waals surface area contributed by atoms with E-state index in [1.165, 1.54) is 0 Å². The van der Waals surface area contributed by atoms with Crippen LogP contribution in [0.4, 0.5) is 0 Å². The number of amides is 1. The zero-order valence-corrected chi connectivity index (χ0v) is 16.6. The molecule has 1 saturated heterocycles. The number of carbonyl (C=O) groups excluding carboxylic acids is 1. The number of ether oxygens (including phenoxy) is 1. The lowest BCUT2D eigenvalue weighted by Gasteiger charge is -2.29. The number of carboxylic acids is 1. The third-order valence-electron chi connectivity index (χ3n) is 5.32. The SMILES string of the molecule is COc1ccccc1-c1ccc(C(=O)N2[C@@H](CC(C)C)CC[C@H]2C(=O)O)cc1. The molecule has 1 N–H and O–H groups in total. The highest BCUT2D eigenvalue weighted by Crippen LogP contribution is 2.32. The van der Waals surface area contributed by atoms with Crippen molar-refractivity contribution < 1.29 is 19.4 Å². The third kappa shape index (κ3) is 4.03. The number of hydrogen-bond acceptors (Lipinski definition) is 3. The smallest absolute Gasteiger partial charge is 0.326 e. The molecule has 148 valence electrons. The van der Waals surface area contributed by atoms with Crippen molar-refractivity contribution >= 4 is 11.9 Å². The Hall–Kier alpha value is -2.82. The number of aliphatic carboxylic acids is 1. The molecule has 0 radical (unpaired) electrons. The summed E-state index contributed by atoms with van der Waals surface area (Å²) in [6.45, 7) is 4.19. The van der Waals surface area contributed by atoms with E-state index in [9.17, 15) is 14.7 Å². The van der Waals surface area contributed by atoms with Gasteiger partial charge in [0.1, 0.15) is 11.8 Å². The maximum absolute atomic E-state index is 13.2. The molecule has 0 bridgehead atoms. The average Bonchev–Trinajstić information content (AvgIpc) is 3.10. The minimum atomic E-state index is -0.926. The van der Waals surface area contributed by atoms with Crippen LogP contribution in [-0.2, 0) is 4.79 Å². The first kappa shape index (κ1) is 19.9. The van der Waals surface area contributed by atoms with E-state index in [0.29, 0.717) is 17.9 Å². The molecular weight excluding hydrogens is 354 g/mol. The first-order valence-corrected chi connectivity index (χ1v) is 9.71. The topological polar surface area (TPSA) is 66.8 Å². The Morgan fingerprint density at radius 1 is 1.11 bits per heavy atom. The number of likely N-dealkylation sites (tertiary alicyclic amines) is 1. The molecule has 2 aromatic carbocycles. The normalized spacial score (nSPS) is 19.1. The molecule has 5 heteroatoms. The quantitative estimate of drug-likeness (QED) is 0.802. The summed E-state index contributed by atoms with van der Waals surface area (Å²) in [5.41, 5.74) is 2.41. The fraction of sp³-hybridized carbons (Fsp3) is 0.391. The highest BCUT2D eigenvalue weighted by atomic mass is 16.5. The van der Waals surface area contributed by atoms with Gasteiger partial charge in [0, 0.05) is 17.2 Å². The van der Waals surface area contributed by atoms with Crippen LogP contribution in [0, 0.1) is 5.92 Å². The molecule has 3 rings (SSSR count). The summed E-state index contributed by atoms with van der Waals surface area (Å²) in [6.07, 6.45) is 2.06. The van der Waals surface area contributed by atoms with Gasteiger partial charge in [0.25, 0.3) is 5.91 Å². The van der Waals surface area contributed by atoms with Crippen LogP contribution in [0.3, 0.4) is 0 Å². The molecule has 0 saturated carbocycles. The first-order valence-electron chi connectivity index (χ1n) is 9.71. The van der Waals surface area contributed by atoms with Crippen LogP contribution in [0.25, 0.3) is 11.1 Å². The van der Waals surface area contributed by atoms with Gasteiger partial charge >= 0.3 is 5.97 Å². The second-order valence-corrected chi connectivity index (χ2v) is 7.70. The van der Waals surface area contributed by atoms with Crippen molar-refractivity contribution in [1.29, 1.82) is 0 Å². The number of methoxy groups -OCH3 is 1. The third-order valence-corrected chi connectivity index (χ3v) is 5.32. The fourth-order valence-electron chi connectivity index (χ4n) is 4.03. The van der Waals surface area contributed by atoms with Crippen LogP contribution >= 0.6 is 0 Å². The zero-order valence-electron chi connectivity index (χ0n) is 16.6. The maximum Gasteiger partial charge on any atom is 0.326 e. The van der Waals surface area contributed by atoms with Crippen LogP contribution in [-0.4, -0.2) is 41.1 Å². The number of hydrogen-bond donors (Lipinski definition) is 1. The highest BCUT2D eigenvalue weighted by molar-refractivity contribution is 5.97. The number of rotatable bonds is 6. The van der Waals surface area contributed by atoms with Gasteiger partial charge in [-0.25, -0.2) is 4.79 Å². The lowest BCUT2D eigenvalue weighted by molar-refractivity contribution is -0.141. The molecule has 1 aliphatic heterocycles. The lowest BCUT2D eigenvalue weighted by Crippen LogP contribution is -2.45. The molecule has 28 heavy (non-hydrogen) atoms. The second kappa shape index (κ2) is 8.46. The van der Waals surface area contributed by atoms with E-state index >= 15 is 0 Å². The van der Waals surface area contributed by atoms with Gasteiger partial charge in [0.2, 0.25) is 0 Å². The summed E-state index contributed by atoms with van der Waals surface area (Å²) in [7, 11) is 1.63. The summed E-state index contributed by atoms with van der Waals surface area (Å²) < 4.78 is 5.41. The molecule has 2 aromatic rings. The summed E-state index contributed by atoms with van der Waals surface area (Å²) in [5, 5.41) is 9.57. The summed E-state index contributed by atoms with van der Waals surface area (Å²) in [6, 6.07) is 14.3. The number of para-hydroxylation sites is 1. The summed E-state index contributed by atoms with van der Waals surface area (Å²) >= 11 is 0. The molecule has 1 amide bonds. The van der Waals surface area contributed by atoms with E-state index in [4.69, 9.17) is 4.74 Å². The number of nitrogens with zero attached hydrogens (tertiary/aromatic N) is 1. The van der Waals surface area contributed by atoms with E-state index in [1.54, 1.807) is 24.1 Å². The van der Waals surface area contributed by atoms with Crippen LogP contribution in [0.15, 0.2) is 48.5 Å². The van der Waals surface area contributed by atoms with Crippen LogP contribution < -0.4 is 4.74 Å². The monoisotopic (exact) mass is 381 g/mol. The van der Waals surface area contributed by atoms with Gasteiger partial charge in [0.15, 0.2) is 0 Å². The van der Waals surface area contributed by atoms with Gasteiger partial charge in [0.05, 0.1) is 7.11 Å². The molecule has 0 aromatic heterocycles. The molecule has 1 aliphatic rings. The number of carboxylic acid groups (broad SMARTS) is 1. The van der Waals surface area contributed by atoms with E-state index in [0.717, 1.165) is 29.7 Å². The van der Waals surface area contributed by atoms with Crippen molar-refractivity contribution in [3.05, 3.63) is 54.1 Å². The van der Waals surface area contributed by atoms with Crippen molar-refractivity contribution in [2.24, 2.45) is 5.92 Å². The van der Waals surface area contributed by atoms with E-state index in [2.05, 4.69) is 13.8 Å². The first-order chi connectivity index (χ1) is 13.4. The molecular formula is C23H27NO4. The summed E-state index contributed by atoms with van der Waals surface area (Å²) in [5.74, 6) is 0.0391. The van der Waals surface area contributed by atoms with Crippen molar-refractivity contribution in [2.45, 2.75) is 45.2 Å². The minimum Gasteiger partial charge on any atom is -0.496 e. The minimum absolute atomic E-state index is 0.0255. The molecule has 1 fully saturated rings. The fourth-order valence-corrected chi connectivity index (χ4v) is 4.03. The predicted molar refractivity (Wildman–Crippen MR) is 109 cm³/mol. The Labute approximate surface area is 165 Å². The van der Waals surface area contributed by atoms with Crippen molar-refractivity contribution in [3.63, 3.8) is 0 Å². The maximum atomic E-state index is 13.2. The van der Waals surface area contributed by atoms with Gasteiger partial charge in [-0.15, -0.1) is 0 Å². The standard InChI is InChI=1S/C23H27NO4/c1-15(2)14-18-12-13-20(23(26)27)24(18)22(25)17-10-8-16(9-11-17)19-6-4-5-7-21(19)28-3/h4-11,15,18,20H,12-14H2,1-3H3,(H,26,27)/t18-,20+/m1/s1.